The number of hydrogen-bond donors (Lipinski definition) is 2. The van der Waals surface area contributed by atoms with E-state index in [1.807, 2.05) is 23.6 Å². The predicted molar refractivity (Wildman–Crippen MR) is 97.2 cm³/mol. The van der Waals surface area contributed by atoms with Crippen LogP contribution in [0, 0.1) is 0 Å². The zero-order chi connectivity index (χ0) is 15.9. The first kappa shape index (κ1) is 15.9. The molecule has 1 aliphatic rings. The van der Waals surface area contributed by atoms with Crippen molar-refractivity contribution in [2.75, 3.05) is 29.9 Å². The van der Waals surface area contributed by atoms with Crippen molar-refractivity contribution in [1.29, 1.82) is 0 Å². The van der Waals surface area contributed by atoms with Gasteiger partial charge in [0.15, 0.2) is 0 Å². The van der Waals surface area contributed by atoms with E-state index in [1.165, 1.54) is 29.8 Å². The lowest BCUT2D eigenvalue weighted by atomic mass is 10.1. The van der Waals surface area contributed by atoms with Crippen LogP contribution in [0.25, 0.3) is 0 Å². The normalized spacial score (nSPS) is 14.5. The Balaban J connectivity index is 1.54. The number of amides is 1. The van der Waals surface area contributed by atoms with Crippen molar-refractivity contribution in [3.8, 4) is 0 Å². The molecule has 4 nitrogen and oxygen atoms in total. The summed E-state index contributed by atoms with van der Waals surface area (Å²) in [5.41, 5.74) is 2.25. The summed E-state index contributed by atoms with van der Waals surface area (Å²) < 4.78 is 0. The maximum atomic E-state index is 12.0. The number of para-hydroxylation sites is 2. The van der Waals surface area contributed by atoms with E-state index in [0.29, 0.717) is 13.1 Å². The molecule has 1 aliphatic heterocycles. The third-order valence-corrected chi connectivity index (χ3v) is 4.96. The zero-order valence-corrected chi connectivity index (χ0v) is 14.1. The Kier molecular flexibility index (Phi) is 5.53. The van der Waals surface area contributed by atoms with Crippen molar-refractivity contribution in [2.45, 2.75) is 25.8 Å². The fourth-order valence-corrected chi connectivity index (χ4v) is 3.52. The molecule has 122 valence electrons. The number of thiophene rings is 1. The van der Waals surface area contributed by atoms with Crippen molar-refractivity contribution < 1.29 is 4.79 Å². The number of nitrogens with one attached hydrogen (secondary N) is 2. The van der Waals surface area contributed by atoms with Crippen LogP contribution in [0.4, 0.5) is 11.4 Å². The molecule has 1 aromatic heterocycles. The van der Waals surface area contributed by atoms with Gasteiger partial charge in [-0.15, -0.1) is 11.3 Å². The Labute approximate surface area is 141 Å². The summed E-state index contributed by atoms with van der Waals surface area (Å²) in [4.78, 5) is 15.6. The maximum Gasteiger partial charge on any atom is 0.239 e. The molecule has 0 spiro atoms. The standard InChI is InChI=1S/C18H23N3OS/c22-18(20-13-15-7-6-12-23-15)14-19-16-8-2-3-9-17(16)21-10-4-1-5-11-21/h2-3,6-9,12,19H,1,4-5,10-11,13-14H2,(H,20,22). The number of benzene rings is 1. The summed E-state index contributed by atoms with van der Waals surface area (Å²) in [6, 6.07) is 12.3. The van der Waals surface area contributed by atoms with Crippen LogP contribution < -0.4 is 15.5 Å². The summed E-state index contributed by atoms with van der Waals surface area (Å²) in [6.07, 6.45) is 3.81. The summed E-state index contributed by atoms with van der Waals surface area (Å²) in [5.74, 6) is 0.0202. The van der Waals surface area contributed by atoms with Gasteiger partial charge in [-0.05, 0) is 42.8 Å². The summed E-state index contributed by atoms with van der Waals surface area (Å²) in [6.45, 7) is 3.11. The minimum absolute atomic E-state index is 0.0202. The van der Waals surface area contributed by atoms with Crippen LogP contribution in [0.3, 0.4) is 0 Å². The van der Waals surface area contributed by atoms with Gasteiger partial charge in [0.1, 0.15) is 0 Å². The van der Waals surface area contributed by atoms with Crippen molar-refractivity contribution in [2.24, 2.45) is 0 Å². The van der Waals surface area contributed by atoms with E-state index >= 15 is 0 Å². The van der Waals surface area contributed by atoms with Crippen LogP contribution in [0.15, 0.2) is 41.8 Å². The van der Waals surface area contributed by atoms with Crippen LogP contribution in [-0.2, 0) is 11.3 Å². The second kappa shape index (κ2) is 8.02. The minimum Gasteiger partial charge on any atom is -0.374 e. The van der Waals surface area contributed by atoms with Crippen LogP contribution >= 0.6 is 11.3 Å². The molecular weight excluding hydrogens is 306 g/mol. The van der Waals surface area contributed by atoms with Gasteiger partial charge in [0.05, 0.1) is 24.5 Å². The average Bonchev–Trinajstić information content (AvgIpc) is 3.13. The Morgan fingerprint density at radius 2 is 1.91 bits per heavy atom. The monoisotopic (exact) mass is 329 g/mol. The SMILES string of the molecule is O=C(CNc1ccccc1N1CCCCC1)NCc1cccs1. The highest BCUT2D eigenvalue weighted by Gasteiger charge is 2.14. The van der Waals surface area contributed by atoms with Crippen LogP contribution in [0.5, 0.6) is 0 Å². The largest absolute Gasteiger partial charge is 0.374 e. The Hall–Kier alpha value is -2.01. The molecule has 5 heteroatoms. The van der Waals surface area contributed by atoms with E-state index < -0.39 is 0 Å². The smallest absolute Gasteiger partial charge is 0.239 e. The summed E-state index contributed by atoms with van der Waals surface area (Å²) >= 11 is 1.66. The van der Waals surface area contributed by atoms with Crippen molar-refractivity contribution in [3.05, 3.63) is 46.7 Å². The van der Waals surface area contributed by atoms with Gasteiger partial charge < -0.3 is 15.5 Å². The Morgan fingerprint density at radius 1 is 1.09 bits per heavy atom. The van der Waals surface area contributed by atoms with E-state index in [2.05, 4.69) is 33.7 Å². The fraction of sp³-hybridized carbons (Fsp3) is 0.389. The van der Waals surface area contributed by atoms with Gasteiger partial charge in [0, 0.05) is 18.0 Å². The third-order valence-electron chi connectivity index (χ3n) is 4.08. The van der Waals surface area contributed by atoms with Crippen molar-refractivity contribution in [3.63, 3.8) is 0 Å². The number of hydrogen-bond acceptors (Lipinski definition) is 4. The van der Waals surface area contributed by atoms with Gasteiger partial charge in [0.25, 0.3) is 0 Å². The molecule has 1 saturated heterocycles. The number of nitrogens with zero attached hydrogens (tertiary/aromatic N) is 1. The highest BCUT2D eigenvalue weighted by Crippen LogP contribution is 2.27. The highest BCUT2D eigenvalue weighted by atomic mass is 32.1. The molecule has 0 radical (unpaired) electrons. The van der Waals surface area contributed by atoms with E-state index in [0.717, 1.165) is 18.8 Å². The van der Waals surface area contributed by atoms with Crippen LogP contribution in [0.2, 0.25) is 0 Å². The van der Waals surface area contributed by atoms with Gasteiger partial charge in [-0.2, -0.15) is 0 Å². The molecule has 2 aromatic rings. The molecule has 0 atom stereocenters. The first-order valence-corrected chi connectivity index (χ1v) is 9.08. The molecule has 0 aliphatic carbocycles. The molecule has 2 N–H and O–H groups in total. The molecule has 0 bridgehead atoms. The van der Waals surface area contributed by atoms with Crippen LogP contribution in [-0.4, -0.2) is 25.5 Å². The van der Waals surface area contributed by atoms with E-state index in [1.54, 1.807) is 11.3 Å². The lowest BCUT2D eigenvalue weighted by molar-refractivity contribution is -0.119. The van der Waals surface area contributed by atoms with Gasteiger partial charge in [-0.1, -0.05) is 18.2 Å². The van der Waals surface area contributed by atoms with Crippen molar-refractivity contribution in [1.82, 2.24) is 5.32 Å². The fourth-order valence-electron chi connectivity index (χ4n) is 2.87. The lowest BCUT2D eigenvalue weighted by Gasteiger charge is -2.30. The first-order chi connectivity index (χ1) is 11.3. The van der Waals surface area contributed by atoms with E-state index in [9.17, 15) is 4.79 Å². The van der Waals surface area contributed by atoms with Gasteiger partial charge in [-0.3, -0.25) is 4.79 Å². The maximum absolute atomic E-state index is 12.0. The summed E-state index contributed by atoms with van der Waals surface area (Å²) in [7, 11) is 0. The highest BCUT2D eigenvalue weighted by molar-refractivity contribution is 7.09. The quantitative estimate of drug-likeness (QED) is 0.853. The number of piperidine rings is 1. The molecule has 1 fully saturated rings. The average molecular weight is 329 g/mol. The minimum atomic E-state index is 0.0202. The number of carbonyl (C=O) groups is 1. The molecule has 1 amide bonds. The third kappa shape index (κ3) is 4.48. The Morgan fingerprint density at radius 3 is 2.70 bits per heavy atom. The molecule has 1 aromatic carbocycles. The van der Waals surface area contributed by atoms with Gasteiger partial charge in [-0.25, -0.2) is 0 Å². The van der Waals surface area contributed by atoms with E-state index in [-0.39, 0.29) is 5.91 Å². The second-order valence-electron chi connectivity index (χ2n) is 5.77. The first-order valence-electron chi connectivity index (χ1n) is 8.20. The predicted octanol–water partition coefficient (Wildman–Crippen LogP) is 3.47. The van der Waals surface area contributed by atoms with Crippen molar-refractivity contribution >= 4 is 28.6 Å². The van der Waals surface area contributed by atoms with E-state index in [4.69, 9.17) is 0 Å². The molecule has 0 unspecified atom stereocenters. The summed E-state index contributed by atoms with van der Waals surface area (Å²) in [5, 5.41) is 8.26. The second-order valence-corrected chi connectivity index (χ2v) is 6.81. The van der Waals surface area contributed by atoms with Gasteiger partial charge >= 0.3 is 0 Å². The lowest BCUT2D eigenvalue weighted by Crippen LogP contribution is -2.32. The molecule has 3 rings (SSSR count). The number of anilines is 2. The zero-order valence-electron chi connectivity index (χ0n) is 13.3. The molecule has 2 heterocycles. The van der Waals surface area contributed by atoms with Gasteiger partial charge in [0.2, 0.25) is 5.91 Å². The Bertz CT molecular complexity index is 621. The topological polar surface area (TPSA) is 44.4 Å². The number of rotatable bonds is 6. The molecule has 0 saturated carbocycles. The molecular formula is C18H23N3OS. The molecule has 23 heavy (non-hydrogen) atoms. The number of carbonyl (C=O) groups excluding carboxylic acids is 1. The van der Waals surface area contributed by atoms with Crippen LogP contribution in [0.1, 0.15) is 24.1 Å².